The molecule has 0 radical (unpaired) electrons. The molecule has 0 aliphatic rings. The zero-order valence-corrected chi connectivity index (χ0v) is 15.7. The van der Waals surface area contributed by atoms with Crippen molar-refractivity contribution in [3.05, 3.63) is 28.2 Å². The number of halogens is 1. The van der Waals surface area contributed by atoms with E-state index in [0.717, 1.165) is 16.6 Å². The van der Waals surface area contributed by atoms with Crippen molar-refractivity contribution in [2.24, 2.45) is 0 Å². The summed E-state index contributed by atoms with van der Waals surface area (Å²) in [5, 5.41) is 5.58. The molecule has 0 spiro atoms. The van der Waals surface area contributed by atoms with Crippen molar-refractivity contribution in [2.75, 3.05) is 13.2 Å². The molecule has 4 nitrogen and oxygen atoms in total. The lowest BCUT2D eigenvalue weighted by atomic mass is 9.87. The van der Waals surface area contributed by atoms with Crippen molar-refractivity contribution in [3.63, 3.8) is 0 Å². The molecule has 0 aliphatic heterocycles. The van der Waals surface area contributed by atoms with Gasteiger partial charge in [-0.1, -0.05) is 26.8 Å². The van der Waals surface area contributed by atoms with E-state index in [-0.39, 0.29) is 17.5 Å². The number of hydrogen-bond donors (Lipinski definition) is 2. The number of rotatable bonds is 6. The molecule has 0 aromatic heterocycles. The lowest BCUT2D eigenvalue weighted by Crippen LogP contribution is -2.40. The van der Waals surface area contributed by atoms with Crippen LogP contribution in [0.2, 0.25) is 0 Å². The molecule has 0 saturated heterocycles. The summed E-state index contributed by atoms with van der Waals surface area (Å²) in [6.07, 6.45) is 0.763. The first kappa shape index (κ1) is 18.8. The molecule has 1 aromatic rings. The third-order valence-corrected chi connectivity index (χ3v) is 3.70. The maximum atomic E-state index is 11.4. The minimum atomic E-state index is -0.134. The monoisotopic (exact) mass is 370 g/mol. The second-order valence-corrected chi connectivity index (χ2v) is 7.51. The van der Waals surface area contributed by atoms with Gasteiger partial charge in [-0.05, 0) is 59.3 Å². The highest BCUT2D eigenvalue weighted by Gasteiger charge is 2.15. The van der Waals surface area contributed by atoms with Crippen molar-refractivity contribution < 1.29 is 9.53 Å². The second-order valence-electron chi connectivity index (χ2n) is 6.65. The van der Waals surface area contributed by atoms with Crippen molar-refractivity contribution in [1.82, 2.24) is 10.6 Å². The Bertz CT molecular complexity index is 496. The van der Waals surface area contributed by atoms with Gasteiger partial charge in [-0.15, -0.1) is 0 Å². The molecule has 0 aliphatic carbocycles. The van der Waals surface area contributed by atoms with Gasteiger partial charge >= 0.3 is 6.03 Å². The summed E-state index contributed by atoms with van der Waals surface area (Å²) >= 11 is 3.55. The summed E-state index contributed by atoms with van der Waals surface area (Å²) in [5.41, 5.74) is 1.38. The van der Waals surface area contributed by atoms with Crippen LogP contribution in [0.25, 0.3) is 0 Å². The Labute approximate surface area is 142 Å². The van der Waals surface area contributed by atoms with Crippen LogP contribution in [0.4, 0.5) is 4.79 Å². The Balaban J connectivity index is 2.35. The maximum Gasteiger partial charge on any atom is 0.314 e. The average molecular weight is 371 g/mol. The third kappa shape index (κ3) is 6.69. The lowest BCUT2D eigenvalue weighted by molar-refractivity contribution is 0.237. The molecule has 1 aromatic carbocycles. The van der Waals surface area contributed by atoms with Gasteiger partial charge in [0.2, 0.25) is 0 Å². The maximum absolute atomic E-state index is 11.4. The smallest absolute Gasteiger partial charge is 0.314 e. The first-order chi connectivity index (χ1) is 10.2. The van der Waals surface area contributed by atoms with Gasteiger partial charge in [0.05, 0.1) is 11.1 Å². The van der Waals surface area contributed by atoms with Crippen LogP contribution in [0.15, 0.2) is 22.7 Å². The molecule has 0 heterocycles. The SMILES string of the molecule is CC(C)NC(=O)NCCCOc1ccc(C(C)(C)C)cc1Br. The van der Waals surface area contributed by atoms with Crippen LogP contribution in [0.5, 0.6) is 5.75 Å². The van der Waals surface area contributed by atoms with E-state index in [1.165, 1.54) is 5.56 Å². The number of urea groups is 1. The van der Waals surface area contributed by atoms with E-state index in [2.05, 4.69) is 59.5 Å². The predicted molar refractivity (Wildman–Crippen MR) is 94.6 cm³/mol. The summed E-state index contributed by atoms with van der Waals surface area (Å²) in [6.45, 7) is 11.6. The van der Waals surface area contributed by atoms with Crippen molar-refractivity contribution in [3.8, 4) is 5.75 Å². The van der Waals surface area contributed by atoms with E-state index < -0.39 is 0 Å². The molecule has 0 atom stereocenters. The normalized spacial score (nSPS) is 11.4. The summed E-state index contributed by atoms with van der Waals surface area (Å²) in [4.78, 5) is 11.4. The lowest BCUT2D eigenvalue weighted by Gasteiger charge is -2.20. The molecule has 124 valence electrons. The average Bonchev–Trinajstić information content (AvgIpc) is 2.37. The van der Waals surface area contributed by atoms with E-state index in [0.29, 0.717) is 13.2 Å². The summed E-state index contributed by atoms with van der Waals surface area (Å²) < 4.78 is 6.71. The van der Waals surface area contributed by atoms with Gasteiger partial charge in [0, 0.05) is 12.6 Å². The van der Waals surface area contributed by atoms with Crippen LogP contribution in [0.3, 0.4) is 0 Å². The first-order valence-corrected chi connectivity index (χ1v) is 8.46. The first-order valence-electron chi connectivity index (χ1n) is 7.67. The minimum Gasteiger partial charge on any atom is -0.492 e. The van der Waals surface area contributed by atoms with Crippen molar-refractivity contribution >= 4 is 22.0 Å². The number of ether oxygens (including phenoxy) is 1. The van der Waals surface area contributed by atoms with Gasteiger partial charge in [0.15, 0.2) is 0 Å². The highest BCUT2D eigenvalue weighted by Crippen LogP contribution is 2.31. The fourth-order valence-electron chi connectivity index (χ4n) is 1.85. The molecule has 2 amide bonds. The van der Waals surface area contributed by atoms with Crippen LogP contribution in [0, 0.1) is 0 Å². The van der Waals surface area contributed by atoms with E-state index >= 15 is 0 Å². The predicted octanol–water partition coefficient (Wildman–Crippen LogP) is 4.22. The number of carbonyl (C=O) groups excluding carboxylic acids is 1. The van der Waals surface area contributed by atoms with Gasteiger partial charge in [0.1, 0.15) is 5.75 Å². The van der Waals surface area contributed by atoms with Gasteiger partial charge in [-0.2, -0.15) is 0 Å². The molecule has 0 fully saturated rings. The molecular weight excluding hydrogens is 344 g/mol. The molecular formula is C17H27BrN2O2. The number of hydrogen-bond acceptors (Lipinski definition) is 2. The molecule has 5 heteroatoms. The Morgan fingerprint density at radius 2 is 2.00 bits per heavy atom. The highest BCUT2D eigenvalue weighted by atomic mass is 79.9. The summed E-state index contributed by atoms with van der Waals surface area (Å²) in [6, 6.07) is 6.20. The summed E-state index contributed by atoms with van der Waals surface area (Å²) in [7, 11) is 0. The largest absolute Gasteiger partial charge is 0.492 e. The van der Waals surface area contributed by atoms with Gasteiger partial charge < -0.3 is 15.4 Å². The number of nitrogens with one attached hydrogen (secondary N) is 2. The van der Waals surface area contributed by atoms with Gasteiger partial charge in [-0.3, -0.25) is 0 Å². The molecule has 22 heavy (non-hydrogen) atoms. The Hall–Kier alpha value is -1.23. The molecule has 0 bridgehead atoms. The van der Waals surface area contributed by atoms with Crippen molar-refractivity contribution in [1.29, 1.82) is 0 Å². The highest BCUT2D eigenvalue weighted by molar-refractivity contribution is 9.10. The fraction of sp³-hybridized carbons (Fsp3) is 0.588. The topological polar surface area (TPSA) is 50.4 Å². The number of amides is 2. The standard InChI is InChI=1S/C17H27BrN2O2/c1-12(2)20-16(21)19-9-6-10-22-15-8-7-13(11-14(15)18)17(3,4)5/h7-8,11-12H,6,9-10H2,1-5H3,(H2,19,20,21). The molecule has 2 N–H and O–H groups in total. The van der Waals surface area contributed by atoms with Crippen LogP contribution >= 0.6 is 15.9 Å². The quantitative estimate of drug-likeness (QED) is 0.736. The van der Waals surface area contributed by atoms with E-state index in [1.807, 2.05) is 19.9 Å². The van der Waals surface area contributed by atoms with E-state index in [1.54, 1.807) is 0 Å². The van der Waals surface area contributed by atoms with Crippen LogP contribution in [0.1, 0.15) is 46.6 Å². The van der Waals surface area contributed by atoms with Gasteiger partial charge in [0.25, 0.3) is 0 Å². The minimum absolute atomic E-state index is 0.120. The van der Waals surface area contributed by atoms with Crippen LogP contribution in [-0.2, 0) is 5.41 Å². The van der Waals surface area contributed by atoms with Crippen LogP contribution < -0.4 is 15.4 Å². The number of carbonyl (C=O) groups is 1. The van der Waals surface area contributed by atoms with Crippen LogP contribution in [-0.4, -0.2) is 25.2 Å². The zero-order chi connectivity index (χ0) is 16.8. The third-order valence-electron chi connectivity index (χ3n) is 3.08. The Morgan fingerprint density at radius 1 is 1.32 bits per heavy atom. The number of benzene rings is 1. The van der Waals surface area contributed by atoms with Gasteiger partial charge in [-0.25, -0.2) is 4.79 Å². The fourth-order valence-corrected chi connectivity index (χ4v) is 2.35. The Kier molecular flexibility index (Phi) is 7.20. The summed E-state index contributed by atoms with van der Waals surface area (Å²) in [5.74, 6) is 0.833. The molecule has 1 rings (SSSR count). The Morgan fingerprint density at radius 3 is 2.55 bits per heavy atom. The molecule has 0 unspecified atom stereocenters. The van der Waals surface area contributed by atoms with E-state index in [9.17, 15) is 4.79 Å². The molecule has 0 saturated carbocycles. The van der Waals surface area contributed by atoms with E-state index in [4.69, 9.17) is 4.74 Å². The van der Waals surface area contributed by atoms with Crippen molar-refractivity contribution in [2.45, 2.75) is 52.5 Å². The second kappa shape index (κ2) is 8.42. The zero-order valence-electron chi connectivity index (χ0n) is 14.1.